The van der Waals surface area contributed by atoms with Gasteiger partial charge in [-0.1, -0.05) is 12.1 Å². The summed E-state index contributed by atoms with van der Waals surface area (Å²) in [6.07, 6.45) is 6.93. The molecule has 2 aromatic heterocycles. The zero-order valence-electron chi connectivity index (χ0n) is 15.3. The Balaban J connectivity index is 1.35. The van der Waals surface area contributed by atoms with Crippen molar-refractivity contribution >= 4 is 11.7 Å². The van der Waals surface area contributed by atoms with Crippen molar-refractivity contribution < 1.29 is 9.18 Å². The fourth-order valence-corrected chi connectivity index (χ4v) is 3.35. The van der Waals surface area contributed by atoms with Crippen molar-refractivity contribution in [2.75, 3.05) is 18.0 Å². The summed E-state index contributed by atoms with van der Waals surface area (Å²) in [6, 6.07) is 9.97. The Labute approximate surface area is 162 Å². The number of nitrogens with one attached hydrogen (secondary N) is 1. The predicted octanol–water partition coefficient (Wildman–Crippen LogP) is 2.33. The molecule has 0 radical (unpaired) electrons. The molecule has 28 heavy (non-hydrogen) atoms. The molecule has 4 rings (SSSR count). The third-order valence-corrected chi connectivity index (χ3v) is 4.90. The maximum Gasteiger partial charge on any atom is 0.225 e. The molecule has 1 atom stereocenters. The summed E-state index contributed by atoms with van der Waals surface area (Å²) in [5, 5.41) is 11.5. The highest BCUT2D eigenvalue weighted by Crippen LogP contribution is 2.22. The Morgan fingerprint density at radius 1 is 1.14 bits per heavy atom. The molecule has 1 unspecified atom stereocenters. The lowest BCUT2D eigenvalue weighted by molar-refractivity contribution is -0.125. The Hall–Kier alpha value is -3.29. The molecule has 1 saturated heterocycles. The topological polar surface area (TPSA) is 75.9 Å². The van der Waals surface area contributed by atoms with Crippen molar-refractivity contribution in [3.63, 3.8) is 0 Å². The van der Waals surface area contributed by atoms with E-state index >= 15 is 0 Å². The van der Waals surface area contributed by atoms with E-state index in [-0.39, 0.29) is 17.6 Å². The van der Waals surface area contributed by atoms with Gasteiger partial charge in [-0.2, -0.15) is 0 Å². The fourth-order valence-electron chi connectivity index (χ4n) is 3.35. The largest absolute Gasteiger partial charge is 0.354 e. The minimum Gasteiger partial charge on any atom is -0.354 e. The van der Waals surface area contributed by atoms with Gasteiger partial charge in [0.1, 0.15) is 12.1 Å². The lowest BCUT2D eigenvalue weighted by Gasteiger charge is -2.32. The molecule has 144 valence electrons. The van der Waals surface area contributed by atoms with Crippen LogP contribution in [0.25, 0.3) is 5.82 Å². The fraction of sp³-hybridized carbons (Fsp3) is 0.300. The normalized spacial score (nSPS) is 16.8. The molecule has 1 fully saturated rings. The van der Waals surface area contributed by atoms with Gasteiger partial charge in [0.05, 0.1) is 5.92 Å². The third-order valence-electron chi connectivity index (χ3n) is 4.90. The molecule has 3 aromatic rings. The van der Waals surface area contributed by atoms with Crippen LogP contribution in [0.2, 0.25) is 0 Å². The molecule has 0 bridgehead atoms. The van der Waals surface area contributed by atoms with E-state index in [2.05, 4.69) is 25.4 Å². The Morgan fingerprint density at radius 2 is 1.93 bits per heavy atom. The molecule has 1 amide bonds. The Bertz CT molecular complexity index is 911. The molecule has 1 aliphatic heterocycles. The summed E-state index contributed by atoms with van der Waals surface area (Å²) in [6.45, 7) is 1.85. The van der Waals surface area contributed by atoms with Crippen LogP contribution < -0.4 is 10.2 Å². The number of carbonyl (C=O) groups excluding carboxylic acids is 1. The summed E-state index contributed by atoms with van der Waals surface area (Å²) in [7, 11) is 0. The van der Waals surface area contributed by atoms with Crippen molar-refractivity contribution in [1.29, 1.82) is 0 Å². The second-order valence-corrected chi connectivity index (χ2v) is 6.85. The first kappa shape index (κ1) is 18.1. The van der Waals surface area contributed by atoms with Crippen LogP contribution in [-0.2, 0) is 11.3 Å². The molecular weight excluding hydrogens is 359 g/mol. The van der Waals surface area contributed by atoms with E-state index in [0.29, 0.717) is 18.9 Å². The highest BCUT2D eigenvalue weighted by molar-refractivity contribution is 5.79. The molecule has 0 saturated carbocycles. The Kier molecular flexibility index (Phi) is 5.27. The number of benzene rings is 1. The van der Waals surface area contributed by atoms with Crippen molar-refractivity contribution in [3.05, 3.63) is 66.5 Å². The monoisotopic (exact) mass is 380 g/mol. The smallest absolute Gasteiger partial charge is 0.225 e. The number of piperidine rings is 1. The Morgan fingerprint density at radius 3 is 2.64 bits per heavy atom. The van der Waals surface area contributed by atoms with E-state index in [4.69, 9.17) is 0 Å². The maximum absolute atomic E-state index is 13.0. The lowest BCUT2D eigenvalue weighted by atomic mass is 9.97. The van der Waals surface area contributed by atoms with Crippen LogP contribution in [0.1, 0.15) is 18.4 Å². The van der Waals surface area contributed by atoms with Gasteiger partial charge in [0.25, 0.3) is 0 Å². The van der Waals surface area contributed by atoms with Crippen LogP contribution >= 0.6 is 0 Å². The van der Waals surface area contributed by atoms with Gasteiger partial charge in [0.15, 0.2) is 11.6 Å². The number of amides is 1. The van der Waals surface area contributed by atoms with E-state index in [1.165, 1.54) is 12.1 Å². The first-order valence-electron chi connectivity index (χ1n) is 9.28. The number of rotatable bonds is 5. The number of nitrogens with zero attached hydrogens (tertiary/aromatic N) is 5. The molecule has 0 aliphatic carbocycles. The second kappa shape index (κ2) is 8.16. The highest BCUT2D eigenvalue weighted by atomic mass is 19.1. The van der Waals surface area contributed by atoms with Crippen LogP contribution in [0.4, 0.5) is 10.2 Å². The number of carbonyl (C=O) groups is 1. The number of anilines is 1. The minimum absolute atomic E-state index is 0.0111. The van der Waals surface area contributed by atoms with Crippen LogP contribution in [0.15, 0.2) is 55.1 Å². The third kappa shape index (κ3) is 4.16. The SMILES string of the molecule is O=C(NCc1ccc(F)cc1)C1CCCN(c2ccc(-n3ccnc3)nn2)C1. The molecule has 7 nitrogen and oxygen atoms in total. The lowest BCUT2D eigenvalue weighted by Crippen LogP contribution is -2.43. The van der Waals surface area contributed by atoms with Gasteiger partial charge < -0.3 is 10.2 Å². The van der Waals surface area contributed by atoms with Crippen molar-refractivity contribution in [3.8, 4) is 5.82 Å². The summed E-state index contributed by atoms with van der Waals surface area (Å²) >= 11 is 0. The number of halogens is 1. The van der Waals surface area contributed by atoms with E-state index in [0.717, 1.165) is 30.8 Å². The summed E-state index contributed by atoms with van der Waals surface area (Å²) in [4.78, 5) is 18.7. The van der Waals surface area contributed by atoms with Gasteiger partial charge in [-0.15, -0.1) is 10.2 Å². The molecule has 1 aliphatic rings. The number of hydrogen-bond donors (Lipinski definition) is 1. The average Bonchev–Trinajstić information content (AvgIpc) is 3.28. The van der Waals surface area contributed by atoms with Crippen molar-refractivity contribution in [2.24, 2.45) is 5.92 Å². The number of hydrogen-bond acceptors (Lipinski definition) is 5. The van der Waals surface area contributed by atoms with Crippen LogP contribution in [0.3, 0.4) is 0 Å². The molecular formula is C20H21FN6O. The van der Waals surface area contributed by atoms with E-state index in [1.807, 2.05) is 18.3 Å². The van der Waals surface area contributed by atoms with E-state index in [1.54, 1.807) is 29.2 Å². The summed E-state index contributed by atoms with van der Waals surface area (Å²) < 4.78 is 14.8. The first-order chi connectivity index (χ1) is 13.7. The summed E-state index contributed by atoms with van der Waals surface area (Å²) in [5.74, 6) is 1.09. The van der Waals surface area contributed by atoms with Gasteiger partial charge in [-0.25, -0.2) is 9.37 Å². The van der Waals surface area contributed by atoms with Crippen molar-refractivity contribution in [2.45, 2.75) is 19.4 Å². The zero-order chi connectivity index (χ0) is 19.3. The van der Waals surface area contributed by atoms with Crippen LogP contribution in [-0.4, -0.2) is 38.7 Å². The van der Waals surface area contributed by atoms with Gasteiger partial charge in [-0.3, -0.25) is 9.36 Å². The highest BCUT2D eigenvalue weighted by Gasteiger charge is 2.26. The zero-order valence-corrected chi connectivity index (χ0v) is 15.3. The van der Waals surface area contributed by atoms with E-state index in [9.17, 15) is 9.18 Å². The molecule has 8 heteroatoms. The predicted molar refractivity (Wildman–Crippen MR) is 102 cm³/mol. The van der Waals surface area contributed by atoms with Gasteiger partial charge >= 0.3 is 0 Å². The quantitative estimate of drug-likeness (QED) is 0.735. The van der Waals surface area contributed by atoms with Gasteiger partial charge in [0, 0.05) is 32.0 Å². The average molecular weight is 380 g/mol. The molecule has 1 aromatic carbocycles. The number of imidazole rings is 1. The molecule has 1 N–H and O–H groups in total. The second-order valence-electron chi connectivity index (χ2n) is 6.85. The van der Waals surface area contributed by atoms with Crippen molar-refractivity contribution in [1.82, 2.24) is 25.1 Å². The van der Waals surface area contributed by atoms with Gasteiger partial charge in [0.2, 0.25) is 5.91 Å². The maximum atomic E-state index is 13.0. The van der Waals surface area contributed by atoms with Crippen LogP contribution in [0.5, 0.6) is 0 Å². The van der Waals surface area contributed by atoms with Crippen LogP contribution in [0, 0.1) is 11.7 Å². The minimum atomic E-state index is -0.279. The first-order valence-corrected chi connectivity index (χ1v) is 9.28. The van der Waals surface area contributed by atoms with Gasteiger partial charge in [-0.05, 0) is 42.7 Å². The standard InChI is InChI=1S/C20H21FN6O/c21-17-5-3-15(4-6-17)12-23-20(28)16-2-1-10-26(13-16)18-7-8-19(25-24-18)27-11-9-22-14-27/h3-9,11,14,16H,1-2,10,12-13H2,(H,23,28). The number of aromatic nitrogens is 4. The van der Waals surface area contributed by atoms with E-state index < -0.39 is 0 Å². The molecule has 0 spiro atoms. The molecule has 3 heterocycles. The summed E-state index contributed by atoms with van der Waals surface area (Å²) in [5.41, 5.74) is 0.878.